The van der Waals surface area contributed by atoms with Gasteiger partial charge in [0.1, 0.15) is 6.54 Å². The van der Waals surface area contributed by atoms with Crippen LogP contribution in [0.3, 0.4) is 0 Å². The SMILES string of the molecule is CC1CN(C(=O)Cn2cc(NC(=O)C3CCNC3)cn2)CC(C)O1.Cl. The highest BCUT2D eigenvalue weighted by atomic mass is 35.5. The van der Waals surface area contributed by atoms with Crippen LogP contribution >= 0.6 is 12.4 Å². The molecule has 3 rings (SSSR count). The normalized spacial score (nSPS) is 26.2. The van der Waals surface area contributed by atoms with Crippen LogP contribution in [0.4, 0.5) is 5.69 Å². The van der Waals surface area contributed by atoms with Crippen molar-refractivity contribution in [1.82, 2.24) is 20.0 Å². The predicted octanol–water partition coefficient (Wildman–Crippen LogP) is 0.489. The van der Waals surface area contributed by atoms with Crippen LogP contribution in [-0.2, 0) is 20.9 Å². The van der Waals surface area contributed by atoms with Crippen LogP contribution in [-0.4, -0.2) is 64.9 Å². The molecule has 3 heterocycles. The molecule has 0 saturated carbocycles. The van der Waals surface area contributed by atoms with Crippen molar-refractivity contribution in [1.29, 1.82) is 0 Å². The second kappa shape index (κ2) is 8.64. The van der Waals surface area contributed by atoms with Crippen molar-refractivity contribution >= 4 is 29.9 Å². The molecule has 0 aliphatic carbocycles. The summed E-state index contributed by atoms with van der Waals surface area (Å²) < 4.78 is 7.21. The van der Waals surface area contributed by atoms with Crippen LogP contribution in [0.5, 0.6) is 0 Å². The second-order valence-electron chi connectivity index (χ2n) is 6.66. The van der Waals surface area contributed by atoms with Gasteiger partial charge in [0.05, 0.1) is 30.0 Å². The van der Waals surface area contributed by atoms with Crippen molar-refractivity contribution in [3.8, 4) is 0 Å². The largest absolute Gasteiger partial charge is 0.372 e. The van der Waals surface area contributed by atoms with E-state index in [0.29, 0.717) is 25.3 Å². The minimum Gasteiger partial charge on any atom is -0.372 e. The lowest BCUT2D eigenvalue weighted by Crippen LogP contribution is -2.49. The zero-order valence-corrected chi connectivity index (χ0v) is 15.4. The molecule has 2 aliphatic rings. The number of ether oxygens (including phenoxy) is 1. The van der Waals surface area contributed by atoms with E-state index in [1.165, 1.54) is 0 Å². The van der Waals surface area contributed by atoms with Gasteiger partial charge < -0.3 is 20.3 Å². The van der Waals surface area contributed by atoms with Gasteiger partial charge in [-0.1, -0.05) is 0 Å². The lowest BCUT2D eigenvalue weighted by Gasteiger charge is -2.35. The van der Waals surface area contributed by atoms with Gasteiger partial charge in [-0.2, -0.15) is 5.10 Å². The zero-order valence-electron chi connectivity index (χ0n) is 14.6. The maximum atomic E-state index is 12.4. The molecular formula is C16H26ClN5O3. The van der Waals surface area contributed by atoms with E-state index in [1.807, 2.05) is 18.7 Å². The van der Waals surface area contributed by atoms with Crippen molar-refractivity contribution < 1.29 is 14.3 Å². The summed E-state index contributed by atoms with van der Waals surface area (Å²) in [5.41, 5.74) is 0.628. The molecule has 1 aromatic rings. The molecule has 0 radical (unpaired) electrons. The highest BCUT2D eigenvalue weighted by Crippen LogP contribution is 2.14. The quantitative estimate of drug-likeness (QED) is 0.804. The molecule has 0 spiro atoms. The molecule has 0 aromatic carbocycles. The summed E-state index contributed by atoms with van der Waals surface area (Å²) in [6.07, 6.45) is 4.23. The first-order valence-electron chi connectivity index (χ1n) is 8.48. The molecule has 0 bridgehead atoms. The number of anilines is 1. The topological polar surface area (TPSA) is 88.5 Å². The van der Waals surface area contributed by atoms with Gasteiger partial charge in [0.2, 0.25) is 11.8 Å². The summed E-state index contributed by atoms with van der Waals surface area (Å²) in [7, 11) is 0. The van der Waals surface area contributed by atoms with E-state index < -0.39 is 0 Å². The van der Waals surface area contributed by atoms with Gasteiger partial charge in [-0.25, -0.2) is 0 Å². The van der Waals surface area contributed by atoms with Crippen molar-refractivity contribution in [2.24, 2.45) is 5.92 Å². The molecule has 25 heavy (non-hydrogen) atoms. The predicted molar refractivity (Wildman–Crippen MR) is 95.7 cm³/mol. The Kier molecular flexibility index (Phi) is 6.80. The number of morpholine rings is 1. The fourth-order valence-electron chi connectivity index (χ4n) is 3.26. The van der Waals surface area contributed by atoms with Crippen LogP contribution in [0.2, 0.25) is 0 Å². The van der Waals surface area contributed by atoms with E-state index in [0.717, 1.165) is 13.0 Å². The van der Waals surface area contributed by atoms with Crippen LogP contribution in [0.15, 0.2) is 12.4 Å². The van der Waals surface area contributed by atoms with Crippen LogP contribution < -0.4 is 10.6 Å². The Labute approximate surface area is 153 Å². The Morgan fingerprint density at radius 1 is 1.36 bits per heavy atom. The van der Waals surface area contributed by atoms with Gasteiger partial charge in [0.15, 0.2) is 0 Å². The number of rotatable bonds is 4. The maximum Gasteiger partial charge on any atom is 0.244 e. The van der Waals surface area contributed by atoms with Gasteiger partial charge in [-0.05, 0) is 26.8 Å². The van der Waals surface area contributed by atoms with Crippen molar-refractivity contribution in [2.45, 2.75) is 39.0 Å². The number of hydrogen-bond donors (Lipinski definition) is 2. The minimum atomic E-state index is 0. The molecule has 2 saturated heterocycles. The Hall–Kier alpha value is -1.64. The molecular weight excluding hydrogens is 346 g/mol. The van der Waals surface area contributed by atoms with Crippen LogP contribution in [0.1, 0.15) is 20.3 Å². The number of aromatic nitrogens is 2. The molecule has 2 N–H and O–H groups in total. The first-order valence-corrected chi connectivity index (χ1v) is 8.48. The summed E-state index contributed by atoms with van der Waals surface area (Å²) in [6.45, 7) is 6.89. The maximum absolute atomic E-state index is 12.4. The molecule has 9 heteroatoms. The van der Waals surface area contributed by atoms with E-state index in [4.69, 9.17) is 4.74 Å². The molecule has 8 nitrogen and oxygen atoms in total. The molecule has 2 aliphatic heterocycles. The highest BCUT2D eigenvalue weighted by molar-refractivity contribution is 5.92. The summed E-state index contributed by atoms with van der Waals surface area (Å²) >= 11 is 0. The standard InChI is InChI=1S/C16H25N5O3.ClH/c1-11-7-20(8-12(2)24-11)15(22)10-21-9-14(6-18-21)19-16(23)13-3-4-17-5-13;/h6,9,11-13,17H,3-5,7-8,10H2,1-2H3,(H,19,23);1H. The molecule has 3 unspecified atom stereocenters. The Bertz CT molecular complexity index is 592. The fraction of sp³-hybridized carbons (Fsp3) is 0.688. The van der Waals surface area contributed by atoms with Gasteiger partial charge in [-0.15, -0.1) is 12.4 Å². The van der Waals surface area contributed by atoms with Gasteiger partial charge in [-0.3, -0.25) is 14.3 Å². The lowest BCUT2D eigenvalue weighted by molar-refractivity contribution is -0.144. The number of carbonyl (C=O) groups is 2. The molecule has 140 valence electrons. The summed E-state index contributed by atoms with van der Waals surface area (Å²) in [5.74, 6) is 0.0194. The molecule has 1 aromatic heterocycles. The van der Waals surface area contributed by atoms with E-state index in [-0.39, 0.29) is 48.9 Å². The van der Waals surface area contributed by atoms with Crippen molar-refractivity contribution in [2.75, 3.05) is 31.5 Å². The second-order valence-corrected chi connectivity index (χ2v) is 6.66. The van der Waals surface area contributed by atoms with E-state index in [2.05, 4.69) is 15.7 Å². The molecule has 2 amide bonds. The first-order chi connectivity index (χ1) is 11.5. The summed E-state index contributed by atoms with van der Waals surface area (Å²) in [5, 5.41) is 10.2. The third kappa shape index (κ3) is 5.17. The fourth-order valence-corrected chi connectivity index (χ4v) is 3.26. The highest BCUT2D eigenvalue weighted by Gasteiger charge is 2.26. The van der Waals surface area contributed by atoms with Crippen LogP contribution in [0, 0.1) is 5.92 Å². The van der Waals surface area contributed by atoms with Gasteiger partial charge >= 0.3 is 0 Å². The van der Waals surface area contributed by atoms with E-state index >= 15 is 0 Å². The number of hydrogen-bond acceptors (Lipinski definition) is 5. The van der Waals surface area contributed by atoms with E-state index in [9.17, 15) is 9.59 Å². The average molecular weight is 372 g/mol. The Morgan fingerprint density at radius 2 is 2.08 bits per heavy atom. The van der Waals surface area contributed by atoms with E-state index in [1.54, 1.807) is 17.1 Å². The van der Waals surface area contributed by atoms with Gasteiger partial charge in [0.25, 0.3) is 0 Å². The van der Waals surface area contributed by atoms with Crippen molar-refractivity contribution in [3.05, 3.63) is 12.4 Å². The molecule has 3 atom stereocenters. The monoisotopic (exact) mass is 371 g/mol. The molecule has 2 fully saturated rings. The van der Waals surface area contributed by atoms with Crippen molar-refractivity contribution in [3.63, 3.8) is 0 Å². The number of carbonyl (C=O) groups excluding carboxylic acids is 2. The van der Waals surface area contributed by atoms with Crippen LogP contribution in [0.25, 0.3) is 0 Å². The third-order valence-corrected chi connectivity index (χ3v) is 4.40. The number of amides is 2. The smallest absolute Gasteiger partial charge is 0.244 e. The average Bonchev–Trinajstić information content (AvgIpc) is 3.18. The zero-order chi connectivity index (χ0) is 17.1. The minimum absolute atomic E-state index is 0. The summed E-state index contributed by atoms with van der Waals surface area (Å²) in [4.78, 5) is 26.3. The summed E-state index contributed by atoms with van der Waals surface area (Å²) in [6, 6.07) is 0. The Morgan fingerprint density at radius 3 is 2.72 bits per heavy atom. The Balaban J connectivity index is 0.00000225. The number of halogens is 1. The number of nitrogens with zero attached hydrogens (tertiary/aromatic N) is 3. The number of nitrogens with one attached hydrogen (secondary N) is 2. The first kappa shape index (κ1) is 19.7. The third-order valence-electron chi connectivity index (χ3n) is 4.40. The lowest BCUT2D eigenvalue weighted by atomic mass is 10.1. The van der Waals surface area contributed by atoms with Gasteiger partial charge in [0, 0.05) is 25.8 Å².